The molecule has 0 unspecified atom stereocenters. The van der Waals surface area contributed by atoms with Crippen LogP contribution in [0.25, 0.3) is 10.9 Å². The molecular formula is C17H18N2O4. The van der Waals surface area contributed by atoms with Gasteiger partial charge in [-0.3, -0.25) is 0 Å². The van der Waals surface area contributed by atoms with E-state index in [0.717, 1.165) is 10.9 Å². The number of carbonyl (C=O) groups is 1. The molecule has 2 aromatic rings. The molecule has 1 saturated heterocycles. The highest BCUT2D eigenvalue weighted by Gasteiger charge is 2.46. The summed E-state index contributed by atoms with van der Waals surface area (Å²) in [6.07, 6.45) is 0.495. The molecule has 6 heteroatoms. The molecule has 0 bridgehead atoms. The van der Waals surface area contributed by atoms with Crippen molar-refractivity contribution in [3.8, 4) is 6.07 Å². The number of para-hydroxylation sites is 1. The van der Waals surface area contributed by atoms with E-state index in [4.69, 9.17) is 14.2 Å². The van der Waals surface area contributed by atoms with Gasteiger partial charge in [0.05, 0.1) is 19.2 Å². The van der Waals surface area contributed by atoms with Gasteiger partial charge in [-0.2, -0.15) is 5.26 Å². The number of ether oxygens (including phenoxy) is 3. The molecule has 6 nitrogen and oxygen atoms in total. The van der Waals surface area contributed by atoms with Crippen molar-refractivity contribution in [2.75, 3.05) is 7.11 Å². The van der Waals surface area contributed by atoms with Crippen molar-refractivity contribution in [2.45, 2.75) is 38.4 Å². The molecule has 1 aromatic carbocycles. The van der Waals surface area contributed by atoms with Gasteiger partial charge in [-0.15, -0.1) is 0 Å². The first-order valence-corrected chi connectivity index (χ1v) is 7.36. The van der Waals surface area contributed by atoms with Crippen LogP contribution in [0.2, 0.25) is 0 Å². The van der Waals surface area contributed by atoms with E-state index in [1.165, 1.54) is 7.11 Å². The number of hydrogen-bond donors (Lipinski definition) is 0. The molecule has 0 spiro atoms. The van der Waals surface area contributed by atoms with Crippen molar-refractivity contribution in [2.24, 2.45) is 0 Å². The van der Waals surface area contributed by atoms with E-state index in [9.17, 15) is 10.1 Å². The first kappa shape index (κ1) is 15.5. The Morgan fingerprint density at radius 2 is 2.13 bits per heavy atom. The lowest BCUT2D eigenvalue weighted by molar-refractivity contribution is -0.168. The number of hydrogen-bond acceptors (Lipinski definition) is 5. The lowest BCUT2D eigenvalue weighted by Gasteiger charge is -2.17. The van der Waals surface area contributed by atoms with E-state index in [1.807, 2.05) is 28.8 Å². The van der Waals surface area contributed by atoms with Gasteiger partial charge < -0.3 is 18.8 Å². The molecule has 0 aliphatic carbocycles. The molecule has 2 atom stereocenters. The van der Waals surface area contributed by atoms with E-state index < -0.39 is 24.0 Å². The first-order chi connectivity index (χ1) is 10.9. The number of rotatable bonds is 3. The fourth-order valence-corrected chi connectivity index (χ4v) is 2.97. The molecule has 0 saturated carbocycles. The van der Waals surface area contributed by atoms with Gasteiger partial charge in [0.2, 0.25) is 0 Å². The zero-order valence-corrected chi connectivity index (χ0v) is 13.3. The highest BCUT2D eigenvalue weighted by molar-refractivity contribution is 5.86. The highest BCUT2D eigenvalue weighted by Crippen LogP contribution is 2.31. The van der Waals surface area contributed by atoms with Gasteiger partial charge in [-0.05, 0) is 19.9 Å². The lowest BCUT2D eigenvalue weighted by atomic mass is 10.2. The molecule has 2 heterocycles. The van der Waals surface area contributed by atoms with Crippen LogP contribution in [0.15, 0.2) is 30.5 Å². The summed E-state index contributed by atoms with van der Waals surface area (Å²) in [7, 11) is 1.33. The minimum Gasteiger partial charge on any atom is -0.467 e. The zero-order valence-electron chi connectivity index (χ0n) is 13.3. The number of benzene rings is 1. The molecule has 0 radical (unpaired) electrons. The summed E-state index contributed by atoms with van der Waals surface area (Å²) in [5.41, 5.74) is 1.51. The van der Waals surface area contributed by atoms with Crippen LogP contribution in [-0.2, 0) is 25.5 Å². The molecule has 23 heavy (non-hydrogen) atoms. The Bertz CT molecular complexity index is 787. The number of nitriles is 1. The number of esters is 1. The minimum atomic E-state index is -0.857. The van der Waals surface area contributed by atoms with Crippen molar-refractivity contribution < 1.29 is 19.0 Å². The quantitative estimate of drug-likeness (QED) is 0.812. The van der Waals surface area contributed by atoms with Crippen LogP contribution in [0.4, 0.5) is 0 Å². The van der Waals surface area contributed by atoms with Gasteiger partial charge in [0.15, 0.2) is 11.9 Å². The third kappa shape index (κ3) is 2.81. The Kier molecular flexibility index (Phi) is 3.84. The van der Waals surface area contributed by atoms with Crippen LogP contribution in [0.5, 0.6) is 0 Å². The second-order valence-corrected chi connectivity index (χ2v) is 5.94. The van der Waals surface area contributed by atoms with E-state index in [1.54, 1.807) is 20.0 Å². The van der Waals surface area contributed by atoms with Crippen molar-refractivity contribution >= 4 is 16.9 Å². The molecule has 1 fully saturated rings. The second-order valence-electron chi connectivity index (χ2n) is 5.94. The Balaban J connectivity index is 1.95. The molecule has 3 rings (SSSR count). The third-order valence-corrected chi connectivity index (χ3v) is 3.90. The minimum absolute atomic E-state index is 0.394. The van der Waals surface area contributed by atoms with Crippen molar-refractivity contribution in [1.82, 2.24) is 4.57 Å². The Morgan fingerprint density at radius 1 is 1.39 bits per heavy atom. The van der Waals surface area contributed by atoms with E-state index >= 15 is 0 Å². The van der Waals surface area contributed by atoms with E-state index in [-0.39, 0.29) is 0 Å². The Labute approximate surface area is 134 Å². The highest BCUT2D eigenvalue weighted by atomic mass is 16.8. The predicted octanol–water partition coefficient (Wildman–Crippen LogP) is 2.21. The Morgan fingerprint density at radius 3 is 2.83 bits per heavy atom. The summed E-state index contributed by atoms with van der Waals surface area (Å²) in [5.74, 6) is -1.32. The molecule has 1 aromatic heterocycles. The zero-order chi connectivity index (χ0) is 16.6. The maximum absolute atomic E-state index is 11.9. The van der Waals surface area contributed by atoms with Crippen molar-refractivity contribution in [3.05, 3.63) is 36.0 Å². The summed E-state index contributed by atoms with van der Waals surface area (Å²) in [5, 5.41) is 10.2. The number of carbonyl (C=O) groups excluding carboxylic acids is 1. The van der Waals surface area contributed by atoms with Crippen molar-refractivity contribution in [1.29, 1.82) is 5.26 Å². The third-order valence-electron chi connectivity index (χ3n) is 3.90. The van der Waals surface area contributed by atoms with Gasteiger partial charge >= 0.3 is 5.97 Å². The monoisotopic (exact) mass is 314 g/mol. The molecule has 1 aliphatic heterocycles. The average Bonchev–Trinajstić information content (AvgIpc) is 3.04. The maximum atomic E-state index is 11.9. The van der Waals surface area contributed by atoms with Crippen LogP contribution >= 0.6 is 0 Å². The number of aromatic nitrogens is 1. The fraction of sp³-hybridized carbons (Fsp3) is 0.412. The molecule has 120 valence electrons. The lowest BCUT2D eigenvalue weighted by Crippen LogP contribution is -2.35. The summed E-state index contributed by atoms with van der Waals surface area (Å²) in [6.45, 7) is 3.92. The van der Waals surface area contributed by atoms with Gasteiger partial charge in [0.25, 0.3) is 0 Å². The molecule has 0 N–H and O–H groups in total. The van der Waals surface area contributed by atoms with Crippen LogP contribution < -0.4 is 0 Å². The Hall–Kier alpha value is -2.36. The summed E-state index contributed by atoms with van der Waals surface area (Å²) in [4.78, 5) is 11.9. The molecule has 1 aliphatic rings. The van der Waals surface area contributed by atoms with Crippen LogP contribution in [0, 0.1) is 11.3 Å². The normalized spacial score (nSPS) is 22.9. The van der Waals surface area contributed by atoms with Gasteiger partial charge in [-0.25, -0.2) is 4.79 Å². The smallest absolute Gasteiger partial charge is 0.337 e. The molecular weight excluding hydrogens is 296 g/mol. The van der Waals surface area contributed by atoms with E-state index in [0.29, 0.717) is 12.1 Å². The van der Waals surface area contributed by atoms with Crippen molar-refractivity contribution in [3.63, 3.8) is 0 Å². The summed E-state index contributed by atoms with van der Waals surface area (Å²) < 4.78 is 18.2. The summed E-state index contributed by atoms with van der Waals surface area (Å²) >= 11 is 0. The fourth-order valence-electron chi connectivity index (χ4n) is 2.97. The van der Waals surface area contributed by atoms with Gasteiger partial charge in [0.1, 0.15) is 12.2 Å². The molecule has 0 amide bonds. The van der Waals surface area contributed by atoms with E-state index in [2.05, 4.69) is 6.07 Å². The SMILES string of the molecule is COC(=O)[C@@H]1OC(C)(C)O[C@H]1Cn1cc(C#N)c2ccccc21. The van der Waals surface area contributed by atoms with Gasteiger partial charge in [-0.1, -0.05) is 18.2 Å². The number of methoxy groups -OCH3 is 1. The standard InChI is InChI=1S/C17H18N2O4/c1-17(2)22-14(15(23-17)16(20)21-3)10-19-9-11(8-18)12-6-4-5-7-13(12)19/h4-7,9,14-15H,10H2,1-3H3/t14-,15+/m0/s1. The summed E-state index contributed by atoms with van der Waals surface area (Å²) in [6, 6.07) is 9.83. The van der Waals surface area contributed by atoms with Crippen LogP contribution in [-0.4, -0.2) is 35.6 Å². The van der Waals surface area contributed by atoms with Gasteiger partial charge in [0, 0.05) is 17.1 Å². The van der Waals surface area contributed by atoms with Crippen LogP contribution in [0.1, 0.15) is 19.4 Å². The predicted molar refractivity (Wildman–Crippen MR) is 82.5 cm³/mol. The maximum Gasteiger partial charge on any atom is 0.337 e. The first-order valence-electron chi connectivity index (χ1n) is 7.36. The second kappa shape index (κ2) is 5.69. The topological polar surface area (TPSA) is 73.5 Å². The largest absolute Gasteiger partial charge is 0.467 e. The van der Waals surface area contributed by atoms with Crippen LogP contribution in [0.3, 0.4) is 0 Å². The number of nitrogens with zero attached hydrogens (tertiary/aromatic N) is 2. The average molecular weight is 314 g/mol. The number of fused-ring (bicyclic) bond motifs is 1.